The first-order chi connectivity index (χ1) is 18.8. The molecule has 2 aliphatic rings. The molecule has 0 saturated carbocycles. The van der Waals surface area contributed by atoms with Crippen LogP contribution in [0.4, 0.5) is 20.2 Å². The van der Waals surface area contributed by atoms with E-state index in [-0.39, 0.29) is 23.7 Å². The van der Waals surface area contributed by atoms with Gasteiger partial charge in [0.25, 0.3) is 11.5 Å². The first-order valence-electron chi connectivity index (χ1n) is 12.8. The van der Waals surface area contributed by atoms with Gasteiger partial charge in [0.15, 0.2) is 11.6 Å². The summed E-state index contributed by atoms with van der Waals surface area (Å²) in [6.45, 7) is 4.63. The van der Waals surface area contributed by atoms with Crippen LogP contribution >= 0.6 is 0 Å². The molecule has 4 heterocycles. The molecule has 4 aromatic rings. The fraction of sp³-hybridized carbons (Fsp3) is 0.333. The molecule has 0 bridgehead atoms. The Balaban J connectivity index is 1.39. The van der Waals surface area contributed by atoms with E-state index in [0.717, 1.165) is 41.2 Å². The zero-order chi connectivity index (χ0) is 27.3. The topological polar surface area (TPSA) is 120 Å². The second-order valence-corrected chi connectivity index (χ2v) is 10.1. The van der Waals surface area contributed by atoms with Crippen molar-refractivity contribution in [3.63, 3.8) is 0 Å². The molecule has 2 fully saturated rings. The highest BCUT2D eigenvalue weighted by Crippen LogP contribution is 2.38. The molecule has 2 aromatic carbocycles. The first-order valence-corrected chi connectivity index (χ1v) is 12.8. The molecule has 202 valence electrons. The van der Waals surface area contributed by atoms with Crippen molar-refractivity contribution in [2.75, 3.05) is 36.5 Å². The molecule has 2 aromatic heterocycles. The number of carbonyl (C=O) groups is 1. The van der Waals surface area contributed by atoms with Gasteiger partial charge in [-0.3, -0.25) is 14.3 Å². The Bertz CT molecular complexity index is 1600. The van der Waals surface area contributed by atoms with Gasteiger partial charge in [-0.25, -0.2) is 8.78 Å². The van der Waals surface area contributed by atoms with E-state index in [2.05, 4.69) is 22.2 Å². The number of fused-ring (bicyclic) bond motifs is 1. The third-order valence-electron chi connectivity index (χ3n) is 7.38. The van der Waals surface area contributed by atoms with Gasteiger partial charge in [0.05, 0.1) is 29.5 Å². The number of rotatable bonds is 5. The van der Waals surface area contributed by atoms with Crippen LogP contribution in [0.2, 0.25) is 0 Å². The van der Waals surface area contributed by atoms with E-state index in [1.807, 2.05) is 16.9 Å². The summed E-state index contributed by atoms with van der Waals surface area (Å²) in [5, 5.41) is 12.5. The van der Waals surface area contributed by atoms with Gasteiger partial charge in [-0.05, 0) is 42.7 Å². The van der Waals surface area contributed by atoms with E-state index in [9.17, 15) is 18.4 Å². The van der Waals surface area contributed by atoms with Crippen molar-refractivity contribution in [3.8, 4) is 5.69 Å². The Labute approximate surface area is 222 Å². The lowest BCUT2D eigenvalue weighted by Gasteiger charge is -2.23. The number of ether oxygens (including phenoxy) is 1. The Morgan fingerprint density at radius 1 is 1.08 bits per heavy atom. The maximum atomic E-state index is 14.4. The highest BCUT2D eigenvalue weighted by molar-refractivity contribution is 6.08. The maximum Gasteiger partial charge on any atom is 0.276 e. The van der Waals surface area contributed by atoms with Crippen molar-refractivity contribution >= 4 is 28.2 Å². The molecule has 0 aliphatic carbocycles. The predicted molar refractivity (Wildman–Crippen MR) is 141 cm³/mol. The van der Waals surface area contributed by atoms with Crippen LogP contribution in [-0.2, 0) is 4.74 Å². The summed E-state index contributed by atoms with van der Waals surface area (Å²) in [5.41, 5.74) is 6.78. The van der Waals surface area contributed by atoms with Gasteiger partial charge in [-0.15, -0.1) is 0 Å². The van der Waals surface area contributed by atoms with E-state index in [0.29, 0.717) is 36.7 Å². The number of hydrogen-bond acceptors (Lipinski definition) is 7. The van der Waals surface area contributed by atoms with Crippen LogP contribution in [-0.4, -0.2) is 57.8 Å². The van der Waals surface area contributed by atoms with Gasteiger partial charge in [-0.2, -0.15) is 14.9 Å². The van der Waals surface area contributed by atoms with Crippen LogP contribution < -0.4 is 21.5 Å². The SMILES string of the molecule is C[C@H]1CN(c2c(NC(=O)c3ccc(=O)n(-c4c(F)cccc4F)n3)ccc3nn([C@@H]4CCOC4)cc23)C[C@@H]1N. The van der Waals surface area contributed by atoms with Crippen molar-refractivity contribution < 1.29 is 18.3 Å². The third kappa shape index (κ3) is 4.55. The van der Waals surface area contributed by atoms with Gasteiger partial charge in [0.1, 0.15) is 11.4 Å². The lowest BCUT2D eigenvalue weighted by atomic mass is 10.1. The molecule has 2 aliphatic heterocycles. The van der Waals surface area contributed by atoms with Gasteiger partial charge in [0, 0.05) is 43.4 Å². The summed E-state index contributed by atoms with van der Waals surface area (Å²) in [4.78, 5) is 27.9. The van der Waals surface area contributed by atoms with Crippen molar-refractivity contribution in [1.29, 1.82) is 0 Å². The second kappa shape index (κ2) is 9.86. The third-order valence-corrected chi connectivity index (χ3v) is 7.38. The summed E-state index contributed by atoms with van der Waals surface area (Å²) >= 11 is 0. The molecule has 2 saturated heterocycles. The van der Waals surface area contributed by atoms with E-state index in [1.54, 1.807) is 6.07 Å². The minimum Gasteiger partial charge on any atom is -0.379 e. The molecule has 0 spiro atoms. The smallest absolute Gasteiger partial charge is 0.276 e. The van der Waals surface area contributed by atoms with Crippen molar-refractivity contribution in [2.45, 2.75) is 25.4 Å². The summed E-state index contributed by atoms with van der Waals surface area (Å²) in [6.07, 6.45) is 2.83. The van der Waals surface area contributed by atoms with Gasteiger partial charge in [0.2, 0.25) is 0 Å². The van der Waals surface area contributed by atoms with Gasteiger partial charge in [-0.1, -0.05) is 13.0 Å². The minimum atomic E-state index is -0.973. The van der Waals surface area contributed by atoms with Crippen molar-refractivity contribution in [2.24, 2.45) is 11.7 Å². The summed E-state index contributed by atoms with van der Waals surface area (Å²) in [5.74, 6) is -2.35. The number of hydrogen-bond donors (Lipinski definition) is 2. The monoisotopic (exact) mass is 535 g/mol. The number of carbonyl (C=O) groups excluding carboxylic acids is 1. The molecule has 6 rings (SSSR count). The number of para-hydroxylation sites is 1. The number of nitrogens with two attached hydrogens (primary N) is 1. The second-order valence-electron chi connectivity index (χ2n) is 10.1. The predicted octanol–water partition coefficient (Wildman–Crippen LogP) is 2.86. The van der Waals surface area contributed by atoms with Crippen LogP contribution in [0, 0.1) is 17.6 Å². The van der Waals surface area contributed by atoms with Crippen LogP contribution in [0.15, 0.2) is 53.5 Å². The number of nitrogens with one attached hydrogen (secondary N) is 1. The Morgan fingerprint density at radius 3 is 2.56 bits per heavy atom. The van der Waals surface area contributed by atoms with Crippen LogP contribution in [0.3, 0.4) is 0 Å². The van der Waals surface area contributed by atoms with Gasteiger partial charge < -0.3 is 20.7 Å². The molecule has 0 radical (unpaired) electrons. The molecule has 12 heteroatoms. The molecular formula is C27H27F2N7O3. The normalized spacial score (nSPS) is 21.1. The summed E-state index contributed by atoms with van der Waals surface area (Å²) in [7, 11) is 0. The molecule has 3 atom stereocenters. The van der Waals surface area contributed by atoms with Gasteiger partial charge >= 0.3 is 0 Å². The molecule has 3 N–H and O–H groups in total. The highest BCUT2D eigenvalue weighted by atomic mass is 19.1. The van der Waals surface area contributed by atoms with E-state index in [1.165, 1.54) is 12.1 Å². The lowest BCUT2D eigenvalue weighted by Crippen LogP contribution is -2.29. The fourth-order valence-electron chi connectivity index (χ4n) is 5.20. The quantitative estimate of drug-likeness (QED) is 0.403. The number of aromatic nitrogens is 4. The average Bonchev–Trinajstić information content (AvgIpc) is 3.65. The number of benzene rings is 2. The fourth-order valence-corrected chi connectivity index (χ4v) is 5.20. The molecule has 39 heavy (non-hydrogen) atoms. The van der Waals surface area contributed by atoms with E-state index >= 15 is 0 Å². The molecule has 10 nitrogen and oxygen atoms in total. The first kappa shape index (κ1) is 25.1. The van der Waals surface area contributed by atoms with Crippen LogP contribution in [0.5, 0.6) is 0 Å². The largest absolute Gasteiger partial charge is 0.379 e. The average molecular weight is 536 g/mol. The molecule has 1 amide bonds. The Morgan fingerprint density at radius 2 is 1.87 bits per heavy atom. The number of halogens is 2. The number of nitrogens with zero attached hydrogens (tertiary/aromatic N) is 5. The standard InChI is InChI=1S/C27H27F2N7O3/c1-15-11-34(13-20(15)30)25-17-12-35(16-9-10-39-14-16)32-21(17)5-6-22(25)31-27(38)23-7-8-24(37)36(33-23)26-18(28)3-2-4-19(26)29/h2-8,12,15-16,20H,9-11,13-14,30H2,1H3,(H,31,38)/t15-,16+,20-/m0/s1. The number of amides is 1. The van der Waals surface area contributed by atoms with Crippen LogP contribution in [0.1, 0.15) is 29.9 Å². The summed E-state index contributed by atoms with van der Waals surface area (Å²) < 4.78 is 36.7. The number of anilines is 2. The van der Waals surface area contributed by atoms with E-state index in [4.69, 9.17) is 15.6 Å². The Hall–Kier alpha value is -4.16. The maximum absolute atomic E-state index is 14.4. The summed E-state index contributed by atoms with van der Waals surface area (Å²) in [6, 6.07) is 9.16. The zero-order valence-corrected chi connectivity index (χ0v) is 21.2. The highest BCUT2D eigenvalue weighted by Gasteiger charge is 2.31. The zero-order valence-electron chi connectivity index (χ0n) is 21.2. The Kier molecular flexibility index (Phi) is 6.35. The molecular weight excluding hydrogens is 508 g/mol. The lowest BCUT2D eigenvalue weighted by molar-refractivity contribution is 0.102. The van der Waals surface area contributed by atoms with Crippen molar-refractivity contribution in [3.05, 3.63) is 76.3 Å². The van der Waals surface area contributed by atoms with Crippen molar-refractivity contribution in [1.82, 2.24) is 19.6 Å². The van der Waals surface area contributed by atoms with Crippen LogP contribution in [0.25, 0.3) is 16.6 Å². The van der Waals surface area contributed by atoms with E-state index < -0.39 is 28.8 Å². The minimum absolute atomic E-state index is 0.0389. The molecule has 0 unspecified atom stereocenters.